The summed E-state index contributed by atoms with van der Waals surface area (Å²) in [7, 11) is 4.67. The van der Waals surface area contributed by atoms with Gasteiger partial charge < -0.3 is 24.4 Å². The Kier molecular flexibility index (Phi) is 7.05. The SMILES string of the molecule is COc1cc(C2CC(=O)N(CC(=O)Nc3nccs3)c3ccccc3S2)cc(OC)c1OC. The molecule has 33 heavy (non-hydrogen) atoms. The molecule has 4 rings (SSSR count). The topological polar surface area (TPSA) is 90.0 Å². The number of hydrogen-bond donors (Lipinski definition) is 1. The molecule has 1 aliphatic rings. The van der Waals surface area contributed by atoms with Crippen molar-refractivity contribution in [1.82, 2.24) is 4.98 Å². The van der Waals surface area contributed by atoms with Gasteiger partial charge in [0.15, 0.2) is 16.6 Å². The van der Waals surface area contributed by atoms with E-state index in [1.165, 1.54) is 16.2 Å². The van der Waals surface area contributed by atoms with Crippen molar-refractivity contribution >= 4 is 45.7 Å². The Morgan fingerprint density at radius 1 is 1.15 bits per heavy atom. The molecule has 0 saturated heterocycles. The van der Waals surface area contributed by atoms with Crippen LogP contribution in [-0.4, -0.2) is 44.7 Å². The van der Waals surface area contributed by atoms with Gasteiger partial charge in [-0.05, 0) is 29.8 Å². The van der Waals surface area contributed by atoms with Crippen LogP contribution in [0.4, 0.5) is 10.8 Å². The minimum atomic E-state index is -0.302. The highest BCUT2D eigenvalue weighted by molar-refractivity contribution is 7.99. The lowest BCUT2D eigenvalue weighted by Crippen LogP contribution is -2.38. The van der Waals surface area contributed by atoms with Crippen molar-refractivity contribution in [3.05, 3.63) is 53.5 Å². The third-order valence-corrected chi connectivity index (χ3v) is 7.14. The highest BCUT2D eigenvalue weighted by atomic mass is 32.2. The van der Waals surface area contributed by atoms with Crippen molar-refractivity contribution in [2.75, 3.05) is 38.1 Å². The number of carbonyl (C=O) groups excluding carboxylic acids is 2. The Morgan fingerprint density at radius 3 is 2.52 bits per heavy atom. The van der Waals surface area contributed by atoms with Crippen LogP contribution in [-0.2, 0) is 9.59 Å². The molecule has 1 aliphatic heterocycles. The largest absolute Gasteiger partial charge is 0.493 e. The minimum absolute atomic E-state index is 0.0992. The molecule has 8 nitrogen and oxygen atoms in total. The Labute approximate surface area is 199 Å². The number of thioether (sulfide) groups is 1. The van der Waals surface area contributed by atoms with Gasteiger partial charge in [0.05, 0.1) is 27.0 Å². The molecule has 3 aromatic rings. The number of ether oxygens (including phenoxy) is 3. The smallest absolute Gasteiger partial charge is 0.246 e. The van der Waals surface area contributed by atoms with E-state index in [1.54, 1.807) is 44.7 Å². The number of carbonyl (C=O) groups is 2. The molecule has 1 unspecified atom stereocenters. The van der Waals surface area contributed by atoms with Gasteiger partial charge in [-0.25, -0.2) is 4.98 Å². The predicted molar refractivity (Wildman–Crippen MR) is 129 cm³/mol. The summed E-state index contributed by atoms with van der Waals surface area (Å²) in [4.78, 5) is 32.5. The maximum Gasteiger partial charge on any atom is 0.246 e. The molecule has 0 radical (unpaired) electrons. The Hall–Kier alpha value is -3.24. The number of methoxy groups -OCH3 is 3. The van der Waals surface area contributed by atoms with Gasteiger partial charge in [0.2, 0.25) is 17.6 Å². The summed E-state index contributed by atoms with van der Waals surface area (Å²) < 4.78 is 16.4. The van der Waals surface area contributed by atoms with E-state index in [4.69, 9.17) is 14.2 Å². The van der Waals surface area contributed by atoms with Gasteiger partial charge in [-0.1, -0.05) is 12.1 Å². The van der Waals surface area contributed by atoms with Crippen LogP contribution in [0, 0.1) is 0 Å². The maximum absolute atomic E-state index is 13.4. The summed E-state index contributed by atoms with van der Waals surface area (Å²) in [5.41, 5.74) is 1.57. The first-order valence-corrected chi connectivity index (χ1v) is 11.8. The highest BCUT2D eigenvalue weighted by Gasteiger charge is 2.31. The third kappa shape index (κ3) is 4.91. The van der Waals surface area contributed by atoms with E-state index in [2.05, 4.69) is 10.3 Å². The molecular weight excluding hydrogens is 462 g/mol. The zero-order chi connectivity index (χ0) is 23.4. The van der Waals surface area contributed by atoms with Crippen molar-refractivity contribution in [2.24, 2.45) is 0 Å². The van der Waals surface area contributed by atoms with Gasteiger partial charge in [-0.2, -0.15) is 0 Å². The summed E-state index contributed by atoms with van der Waals surface area (Å²) >= 11 is 2.89. The number of thiazole rings is 1. The maximum atomic E-state index is 13.4. The number of amides is 2. The molecule has 0 spiro atoms. The molecule has 10 heteroatoms. The first-order valence-electron chi connectivity index (χ1n) is 10.1. The zero-order valence-corrected chi connectivity index (χ0v) is 20.0. The molecular formula is C23H23N3O5S2. The Balaban J connectivity index is 1.65. The number of para-hydroxylation sites is 1. The van der Waals surface area contributed by atoms with Crippen LogP contribution in [0.3, 0.4) is 0 Å². The molecule has 0 bridgehead atoms. The van der Waals surface area contributed by atoms with E-state index in [9.17, 15) is 9.59 Å². The lowest BCUT2D eigenvalue weighted by Gasteiger charge is -2.22. The van der Waals surface area contributed by atoms with Crippen LogP contribution in [0.5, 0.6) is 17.2 Å². The summed E-state index contributed by atoms with van der Waals surface area (Å²) in [6.07, 6.45) is 1.81. The fourth-order valence-electron chi connectivity index (χ4n) is 3.61. The van der Waals surface area contributed by atoms with E-state index in [0.29, 0.717) is 28.1 Å². The number of hydrogen-bond acceptors (Lipinski definition) is 8. The lowest BCUT2D eigenvalue weighted by atomic mass is 10.1. The second-order valence-electron chi connectivity index (χ2n) is 7.10. The van der Waals surface area contributed by atoms with Gasteiger partial charge in [0, 0.05) is 28.1 Å². The van der Waals surface area contributed by atoms with E-state index in [1.807, 2.05) is 36.4 Å². The van der Waals surface area contributed by atoms with Gasteiger partial charge in [-0.3, -0.25) is 9.59 Å². The quantitative estimate of drug-likeness (QED) is 0.531. The van der Waals surface area contributed by atoms with E-state index >= 15 is 0 Å². The van der Waals surface area contributed by atoms with Gasteiger partial charge >= 0.3 is 0 Å². The molecule has 0 aliphatic carbocycles. The normalized spacial score (nSPS) is 15.4. The van der Waals surface area contributed by atoms with E-state index < -0.39 is 0 Å². The number of benzene rings is 2. The van der Waals surface area contributed by atoms with Crippen molar-refractivity contribution in [2.45, 2.75) is 16.6 Å². The number of nitrogens with one attached hydrogen (secondary N) is 1. The van der Waals surface area contributed by atoms with Crippen molar-refractivity contribution in [3.63, 3.8) is 0 Å². The lowest BCUT2D eigenvalue weighted by molar-refractivity contribution is -0.121. The fraction of sp³-hybridized carbons (Fsp3) is 0.261. The summed E-state index contributed by atoms with van der Waals surface area (Å²) in [6.45, 7) is -0.0992. The molecule has 2 heterocycles. The second-order valence-corrected chi connectivity index (χ2v) is 9.24. The average Bonchev–Trinajstić information content (AvgIpc) is 3.29. The molecule has 1 atom stereocenters. The van der Waals surface area contributed by atoms with Crippen LogP contribution < -0.4 is 24.4 Å². The van der Waals surface area contributed by atoms with Crippen LogP contribution in [0.15, 0.2) is 52.9 Å². The Bertz CT molecular complexity index is 1130. The first-order chi connectivity index (χ1) is 16.0. The standard InChI is InChI=1S/C23H23N3O5S2/c1-29-16-10-14(11-17(30-2)22(16)31-3)19-12-21(28)26(15-6-4-5-7-18(15)33-19)13-20(27)25-23-24-8-9-32-23/h4-11,19H,12-13H2,1-3H3,(H,24,25,27). The average molecular weight is 486 g/mol. The molecule has 1 N–H and O–H groups in total. The van der Waals surface area contributed by atoms with Gasteiger partial charge in [0.25, 0.3) is 0 Å². The molecule has 2 aromatic carbocycles. The van der Waals surface area contributed by atoms with Crippen molar-refractivity contribution in [1.29, 1.82) is 0 Å². The van der Waals surface area contributed by atoms with E-state index in [0.717, 1.165) is 10.5 Å². The van der Waals surface area contributed by atoms with Gasteiger partial charge in [-0.15, -0.1) is 23.1 Å². The first kappa shape index (κ1) is 22.9. The molecule has 1 aromatic heterocycles. The van der Waals surface area contributed by atoms with Crippen LogP contribution >= 0.6 is 23.1 Å². The molecule has 0 fully saturated rings. The molecule has 2 amide bonds. The van der Waals surface area contributed by atoms with Crippen LogP contribution in [0.1, 0.15) is 17.2 Å². The number of rotatable bonds is 7. The highest BCUT2D eigenvalue weighted by Crippen LogP contribution is 2.49. The number of aromatic nitrogens is 1. The summed E-state index contributed by atoms with van der Waals surface area (Å²) in [5, 5.41) is 4.82. The van der Waals surface area contributed by atoms with Crippen molar-refractivity contribution in [3.8, 4) is 17.2 Å². The van der Waals surface area contributed by atoms with Crippen LogP contribution in [0.25, 0.3) is 0 Å². The summed E-state index contributed by atoms with van der Waals surface area (Å²) in [5.74, 6) is 1.09. The van der Waals surface area contributed by atoms with Gasteiger partial charge in [0.1, 0.15) is 6.54 Å². The number of nitrogens with zero attached hydrogens (tertiary/aromatic N) is 2. The minimum Gasteiger partial charge on any atom is -0.493 e. The second kappa shape index (κ2) is 10.1. The monoisotopic (exact) mass is 485 g/mol. The fourth-order valence-corrected chi connectivity index (χ4v) is 5.42. The Morgan fingerprint density at radius 2 is 1.88 bits per heavy atom. The third-order valence-electron chi connectivity index (χ3n) is 5.13. The number of anilines is 2. The van der Waals surface area contributed by atoms with Crippen molar-refractivity contribution < 1.29 is 23.8 Å². The summed E-state index contributed by atoms with van der Waals surface area (Å²) in [6, 6.07) is 11.3. The van der Waals surface area contributed by atoms with E-state index in [-0.39, 0.29) is 30.0 Å². The number of fused-ring (bicyclic) bond motifs is 1. The predicted octanol–water partition coefficient (Wildman–Crippen LogP) is 4.38. The molecule has 172 valence electrons. The zero-order valence-electron chi connectivity index (χ0n) is 18.4. The van der Waals surface area contributed by atoms with Crippen LogP contribution in [0.2, 0.25) is 0 Å². The molecule has 0 saturated carbocycles.